The molecule has 2 amide bonds. The molecule has 0 aromatic heterocycles. The first-order valence-corrected chi connectivity index (χ1v) is 9.74. The van der Waals surface area contributed by atoms with E-state index in [4.69, 9.17) is 9.47 Å². The first kappa shape index (κ1) is 20.7. The number of carbonyl (C=O) groups excluding carboxylic acids is 2. The smallest absolute Gasteiger partial charge is 0.411 e. The maximum absolute atomic E-state index is 13.0. The molecule has 1 atom stereocenters. The van der Waals surface area contributed by atoms with Gasteiger partial charge in [0, 0.05) is 13.0 Å². The number of amides is 2. The molecule has 1 aliphatic heterocycles. The van der Waals surface area contributed by atoms with Crippen molar-refractivity contribution in [1.29, 1.82) is 0 Å². The van der Waals surface area contributed by atoms with Crippen molar-refractivity contribution in [2.75, 3.05) is 7.11 Å². The van der Waals surface area contributed by atoms with Gasteiger partial charge in [0.1, 0.15) is 17.4 Å². The fraction of sp³-hybridized carbons (Fsp3) is 0.391. The standard InChI is InChI=1S/C23H28N2O4/c1-23(2,3)29-22(27)25-15-18-10-6-5-9-17(18)13-20(25)21(26)24-14-16-8-7-11-19(12-16)28-4/h5-12,20H,13-15H2,1-4H3,(H,24,26). The third kappa shape index (κ3) is 5.28. The van der Waals surface area contributed by atoms with E-state index in [0.717, 1.165) is 22.4 Å². The molecular weight excluding hydrogens is 368 g/mol. The van der Waals surface area contributed by atoms with Gasteiger partial charge in [0.25, 0.3) is 0 Å². The highest BCUT2D eigenvalue weighted by molar-refractivity contribution is 5.86. The summed E-state index contributed by atoms with van der Waals surface area (Å²) in [5.41, 5.74) is 2.41. The van der Waals surface area contributed by atoms with E-state index in [-0.39, 0.29) is 5.91 Å². The second-order valence-corrected chi connectivity index (χ2v) is 8.17. The Morgan fingerprint density at radius 3 is 2.52 bits per heavy atom. The fourth-order valence-corrected chi connectivity index (χ4v) is 3.36. The van der Waals surface area contributed by atoms with Crippen LogP contribution in [0.15, 0.2) is 48.5 Å². The Kier molecular flexibility index (Phi) is 6.11. The maximum atomic E-state index is 13.0. The molecule has 1 aliphatic rings. The van der Waals surface area contributed by atoms with Crippen LogP contribution >= 0.6 is 0 Å². The van der Waals surface area contributed by atoms with E-state index in [0.29, 0.717) is 19.5 Å². The van der Waals surface area contributed by atoms with Crippen LogP contribution in [0, 0.1) is 0 Å². The molecule has 0 aliphatic carbocycles. The highest BCUT2D eigenvalue weighted by Gasteiger charge is 2.36. The molecule has 1 N–H and O–H groups in total. The van der Waals surface area contributed by atoms with Gasteiger partial charge in [-0.3, -0.25) is 9.69 Å². The van der Waals surface area contributed by atoms with Crippen LogP contribution in [-0.4, -0.2) is 35.7 Å². The van der Waals surface area contributed by atoms with Crippen LogP contribution < -0.4 is 10.1 Å². The number of hydrogen-bond acceptors (Lipinski definition) is 4. The van der Waals surface area contributed by atoms with Gasteiger partial charge in [-0.2, -0.15) is 0 Å². The molecule has 3 rings (SSSR count). The minimum Gasteiger partial charge on any atom is -0.497 e. The molecule has 0 radical (unpaired) electrons. The number of benzene rings is 2. The molecule has 29 heavy (non-hydrogen) atoms. The largest absolute Gasteiger partial charge is 0.497 e. The molecule has 1 unspecified atom stereocenters. The monoisotopic (exact) mass is 396 g/mol. The third-order valence-corrected chi connectivity index (χ3v) is 4.78. The minimum absolute atomic E-state index is 0.201. The molecule has 6 nitrogen and oxygen atoms in total. The normalized spacial score (nSPS) is 16.0. The molecule has 0 saturated carbocycles. The predicted octanol–water partition coefficient (Wildman–Crippen LogP) is 3.67. The van der Waals surface area contributed by atoms with Gasteiger partial charge in [-0.15, -0.1) is 0 Å². The Bertz CT molecular complexity index is 888. The zero-order chi connectivity index (χ0) is 21.0. The molecule has 1 heterocycles. The van der Waals surface area contributed by atoms with Crippen LogP contribution in [-0.2, 0) is 29.0 Å². The zero-order valence-corrected chi connectivity index (χ0v) is 17.4. The Hall–Kier alpha value is -3.02. The van der Waals surface area contributed by atoms with Crippen LogP contribution in [0.5, 0.6) is 5.75 Å². The van der Waals surface area contributed by atoms with Crippen molar-refractivity contribution in [3.63, 3.8) is 0 Å². The molecule has 0 spiro atoms. The molecule has 0 fully saturated rings. The van der Waals surface area contributed by atoms with Gasteiger partial charge in [0.05, 0.1) is 13.7 Å². The van der Waals surface area contributed by atoms with Crippen molar-refractivity contribution in [1.82, 2.24) is 10.2 Å². The lowest BCUT2D eigenvalue weighted by atomic mass is 9.93. The Balaban J connectivity index is 1.77. The number of fused-ring (bicyclic) bond motifs is 1. The van der Waals surface area contributed by atoms with E-state index >= 15 is 0 Å². The van der Waals surface area contributed by atoms with Crippen LogP contribution in [0.2, 0.25) is 0 Å². The number of nitrogens with zero attached hydrogens (tertiary/aromatic N) is 1. The highest BCUT2D eigenvalue weighted by Crippen LogP contribution is 2.25. The lowest BCUT2D eigenvalue weighted by Gasteiger charge is -2.36. The van der Waals surface area contributed by atoms with Crippen molar-refractivity contribution < 1.29 is 19.1 Å². The van der Waals surface area contributed by atoms with Crippen LogP contribution in [0.25, 0.3) is 0 Å². The van der Waals surface area contributed by atoms with Gasteiger partial charge in [-0.25, -0.2) is 4.79 Å². The van der Waals surface area contributed by atoms with Gasteiger partial charge < -0.3 is 14.8 Å². The predicted molar refractivity (Wildman–Crippen MR) is 111 cm³/mol. The number of rotatable bonds is 4. The van der Waals surface area contributed by atoms with Crippen molar-refractivity contribution in [3.05, 3.63) is 65.2 Å². The van der Waals surface area contributed by atoms with Crippen LogP contribution in [0.3, 0.4) is 0 Å². The van der Waals surface area contributed by atoms with Gasteiger partial charge in [-0.05, 0) is 49.6 Å². The summed E-state index contributed by atoms with van der Waals surface area (Å²) < 4.78 is 10.8. The van der Waals surface area contributed by atoms with E-state index in [1.807, 2.05) is 69.3 Å². The molecule has 2 aromatic carbocycles. The number of carbonyl (C=O) groups is 2. The minimum atomic E-state index is -0.629. The summed E-state index contributed by atoms with van der Waals surface area (Å²) in [5, 5.41) is 2.95. The Labute approximate surface area is 171 Å². The van der Waals surface area contributed by atoms with Crippen LogP contribution in [0.1, 0.15) is 37.5 Å². The van der Waals surface area contributed by atoms with E-state index in [9.17, 15) is 9.59 Å². The van der Waals surface area contributed by atoms with Gasteiger partial charge in [0.15, 0.2) is 0 Å². The summed E-state index contributed by atoms with van der Waals surface area (Å²) in [6.07, 6.45) is -0.0205. The third-order valence-electron chi connectivity index (χ3n) is 4.78. The second-order valence-electron chi connectivity index (χ2n) is 8.17. The van der Waals surface area contributed by atoms with E-state index in [1.165, 1.54) is 4.90 Å². The van der Waals surface area contributed by atoms with Gasteiger partial charge in [-0.1, -0.05) is 36.4 Å². The average molecular weight is 396 g/mol. The summed E-state index contributed by atoms with van der Waals surface area (Å²) >= 11 is 0. The molecular formula is C23H28N2O4. The fourth-order valence-electron chi connectivity index (χ4n) is 3.36. The number of methoxy groups -OCH3 is 1. The number of ether oxygens (including phenoxy) is 2. The topological polar surface area (TPSA) is 67.9 Å². The maximum Gasteiger partial charge on any atom is 0.411 e. The summed E-state index contributed by atoms with van der Waals surface area (Å²) in [6, 6.07) is 14.8. The van der Waals surface area contributed by atoms with Crippen molar-refractivity contribution in [2.24, 2.45) is 0 Å². The van der Waals surface area contributed by atoms with Crippen molar-refractivity contribution in [2.45, 2.75) is 51.9 Å². The van der Waals surface area contributed by atoms with Crippen molar-refractivity contribution >= 4 is 12.0 Å². The van der Waals surface area contributed by atoms with E-state index in [1.54, 1.807) is 7.11 Å². The van der Waals surface area contributed by atoms with E-state index in [2.05, 4.69) is 5.32 Å². The summed E-state index contributed by atoms with van der Waals surface area (Å²) in [5.74, 6) is 0.534. The van der Waals surface area contributed by atoms with Gasteiger partial charge in [0.2, 0.25) is 5.91 Å². The zero-order valence-electron chi connectivity index (χ0n) is 17.4. The number of nitrogens with one attached hydrogen (secondary N) is 1. The molecule has 0 bridgehead atoms. The summed E-state index contributed by atoms with van der Waals surface area (Å²) in [7, 11) is 1.61. The van der Waals surface area contributed by atoms with E-state index < -0.39 is 17.7 Å². The molecule has 154 valence electrons. The quantitative estimate of drug-likeness (QED) is 0.856. The molecule has 2 aromatic rings. The number of hydrogen-bond donors (Lipinski definition) is 1. The molecule has 6 heteroatoms. The first-order chi connectivity index (χ1) is 13.8. The SMILES string of the molecule is COc1cccc(CNC(=O)C2Cc3ccccc3CN2C(=O)OC(C)(C)C)c1. The van der Waals surface area contributed by atoms with Crippen molar-refractivity contribution in [3.8, 4) is 5.75 Å². The average Bonchev–Trinajstić information content (AvgIpc) is 2.70. The summed E-state index contributed by atoms with van der Waals surface area (Å²) in [6.45, 7) is 6.17. The molecule has 0 saturated heterocycles. The van der Waals surface area contributed by atoms with Crippen LogP contribution in [0.4, 0.5) is 4.79 Å². The Morgan fingerprint density at radius 2 is 1.83 bits per heavy atom. The summed E-state index contributed by atoms with van der Waals surface area (Å²) in [4.78, 5) is 27.3. The lowest BCUT2D eigenvalue weighted by molar-refractivity contribution is -0.127. The first-order valence-electron chi connectivity index (χ1n) is 9.74. The Morgan fingerprint density at radius 1 is 1.10 bits per heavy atom. The lowest BCUT2D eigenvalue weighted by Crippen LogP contribution is -2.53. The van der Waals surface area contributed by atoms with Gasteiger partial charge >= 0.3 is 6.09 Å². The highest BCUT2D eigenvalue weighted by atomic mass is 16.6. The second kappa shape index (κ2) is 8.55.